The number of fused-ring (bicyclic) bond motifs is 1. The lowest BCUT2D eigenvalue weighted by Gasteiger charge is -2.04. The molecule has 0 N–H and O–H groups in total. The van der Waals surface area contributed by atoms with E-state index in [1.54, 1.807) is 18.2 Å². The van der Waals surface area contributed by atoms with E-state index in [-0.39, 0.29) is 18.2 Å². The topological polar surface area (TPSA) is 39.2 Å². The van der Waals surface area contributed by atoms with E-state index in [0.717, 1.165) is 16.0 Å². The molecular weight excluding hydrogens is 289 g/mol. The third-order valence-electron chi connectivity index (χ3n) is 3.21. The summed E-state index contributed by atoms with van der Waals surface area (Å²) in [7, 11) is 1.35. The van der Waals surface area contributed by atoms with Gasteiger partial charge < -0.3 is 4.74 Å². The summed E-state index contributed by atoms with van der Waals surface area (Å²) in [6, 6.07) is 10.5. The predicted molar refractivity (Wildman–Crippen MR) is 80.7 cm³/mol. The fraction of sp³-hybridized carbons (Fsp3) is 0.125. The van der Waals surface area contributed by atoms with Gasteiger partial charge in [-0.25, -0.2) is 9.37 Å². The first-order valence-electron chi connectivity index (χ1n) is 6.38. The standard InChI is InChI=1S/C16H12FNO2S/c1-20-15(19)8-10-9-21-16(18-10)13-6-7-14(17)12-5-3-2-4-11(12)13/h2-7,9H,8H2,1H3. The van der Waals surface area contributed by atoms with Gasteiger partial charge in [0.05, 0.1) is 19.2 Å². The lowest BCUT2D eigenvalue weighted by Crippen LogP contribution is -2.04. The van der Waals surface area contributed by atoms with Gasteiger partial charge in [-0.3, -0.25) is 4.79 Å². The third kappa shape index (κ3) is 2.64. The molecular formula is C16H12FNO2S. The fourth-order valence-electron chi connectivity index (χ4n) is 2.18. The second-order valence-electron chi connectivity index (χ2n) is 4.54. The Morgan fingerprint density at radius 3 is 2.76 bits per heavy atom. The van der Waals surface area contributed by atoms with Crippen LogP contribution in [-0.2, 0) is 16.0 Å². The number of methoxy groups -OCH3 is 1. The first kappa shape index (κ1) is 13.7. The van der Waals surface area contributed by atoms with E-state index in [1.807, 2.05) is 17.5 Å². The van der Waals surface area contributed by atoms with Gasteiger partial charge in [-0.05, 0) is 17.5 Å². The van der Waals surface area contributed by atoms with Crippen molar-refractivity contribution in [1.82, 2.24) is 4.98 Å². The number of nitrogens with zero attached hydrogens (tertiary/aromatic N) is 1. The molecule has 2 aromatic carbocycles. The molecule has 3 rings (SSSR count). The highest BCUT2D eigenvalue weighted by atomic mass is 32.1. The molecule has 0 saturated carbocycles. The van der Waals surface area contributed by atoms with E-state index in [4.69, 9.17) is 0 Å². The van der Waals surface area contributed by atoms with Crippen molar-refractivity contribution < 1.29 is 13.9 Å². The normalized spacial score (nSPS) is 10.8. The maximum Gasteiger partial charge on any atom is 0.311 e. The molecule has 106 valence electrons. The van der Waals surface area contributed by atoms with Crippen LogP contribution in [0.25, 0.3) is 21.3 Å². The molecule has 0 fully saturated rings. The summed E-state index contributed by atoms with van der Waals surface area (Å²) >= 11 is 1.43. The predicted octanol–water partition coefficient (Wildman–Crippen LogP) is 3.82. The molecule has 0 aliphatic heterocycles. The van der Waals surface area contributed by atoms with Gasteiger partial charge >= 0.3 is 5.97 Å². The van der Waals surface area contributed by atoms with Crippen LogP contribution in [0, 0.1) is 5.82 Å². The summed E-state index contributed by atoms with van der Waals surface area (Å²) in [5.74, 6) is -0.573. The number of benzene rings is 2. The highest BCUT2D eigenvalue weighted by Crippen LogP contribution is 2.32. The van der Waals surface area contributed by atoms with E-state index < -0.39 is 0 Å². The molecule has 0 aliphatic rings. The van der Waals surface area contributed by atoms with Crippen LogP contribution >= 0.6 is 11.3 Å². The first-order chi connectivity index (χ1) is 10.2. The minimum absolute atomic E-state index is 0.145. The molecule has 0 aliphatic carbocycles. The lowest BCUT2D eigenvalue weighted by atomic mass is 10.0. The quantitative estimate of drug-likeness (QED) is 0.690. The highest BCUT2D eigenvalue weighted by molar-refractivity contribution is 7.13. The van der Waals surface area contributed by atoms with Gasteiger partial charge in [0.25, 0.3) is 0 Å². The SMILES string of the molecule is COC(=O)Cc1csc(-c2ccc(F)c3ccccc23)n1. The Morgan fingerprint density at radius 1 is 1.24 bits per heavy atom. The van der Waals surface area contributed by atoms with E-state index in [1.165, 1.54) is 24.5 Å². The van der Waals surface area contributed by atoms with Gasteiger partial charge in [-0.1, -0.05) is 24.3 Å². The van der Waals surface area contributed by atoms with Crippen LogP contribution in [-0.4, -0.2) is 18.1 Å². The molecule has 0 amide bonds. The smallest absolute Gasteiger partial charge is 0.311 e. The van der Waals surface area contributed by atoms with Crippen molar-refractivity contribution in [2.75, 3.05) is 7.11 Å². The van der Waals surface area contributed by atoms with Gasteiger partial charge in [-0.15, -0.1) is 11.3 Å². The van der Waals surface area contributed by atoms with Crippen LogP contribution in [0.1, 0.15) is 5.69 Å². The van der Waals surface area contributed by atoms with Crippen LogP contribution in [0.4, 0.5) is 4.39 Å². The summed E-state index contributed by atoms with van der Waals surface area (Å²) in [4.78, 5) is 15.7. The zero-order valence-electron chi connectivity index (χ0n) is 11.3. The average molecular weight is 301 g/mol. The van der Waals surface area contributed by atoms with Crippen molar-refractivity contribution in [3.05, 3.63) is 53.3 Å². The Labute approximate surface area is 125 Å². The molecule has 21 heavy (non-hydrogen) atoms. The van der Waals surface area contributed by atoms with Crippen LogP contribution in [0.5, 0.6) is 0 Å². The monoisotopic (exact) mass is 301 g/mol. The molecule has 1 heterocycles. The fourth-order valence-corrected chi connectivity index (χ4v) is 3.04. The number of hydrogen-bond donors (Lipinski definition) is 0. The molecule has 0 saturated heterocycles. The van der Waals surface area contributed by atoms with Crippen molar-refractivity contribution >= 4 is 28.1 Å². The summed E-state index contributed by atoms with van der Waals surface area (Å²) < 4.78 is 18.5. The zero-order chi connectivity index (χ0) is 14.8. The lowest BCUT2D eigenvalue weighted by molar-refractivity contribution is -0.139. The molecule has 0 radical (unpaired) electrons. The highest BCUT2D eigenvalue weighted by Gasteiger charge is 2.12. The van der Waals surface area contributed by atoms with Crippen LogP contribution in [0.15, 0.2) is 41.8 Å². The molecule has 3 nitrogen and oxygen atoms in total. The molecule has 0 bridgehead atoms. The number of carbonyl (C=O) groups is 1. The van der Waals surface area contributed by atoms with Crippen LogP contribution < -0.4 is 0 Å². The van der Waals surface area contributed by atoms with Gasteiger partial charge in [0.1, 0.15) is 10.8 Å². The number of aromatic nitrogens is 1. The summed E-state index contributed by atoms with van der Waals surface area (Å²) in [6.45, 7) is 0. The second kappa shape index (κ2) is 5.61. The van der Waals surface area contributed by atoms with Gasteiger partial charge in [0.2, 0.25) is 0 Å². The number of halogens is 1. The maximum atomic E-state index is 13.8. The van der Waals surface area contributed by atoms with E-state index in [9.17, 15) is 9.18 Å². The minimum Gasteiger partial charge on any atom is -0.469 e. The molecule has 0 spiro atoms. The maximum absolute atomic E-state index is 13.8. The molecule has 0 atom stereocenters. The Balaban J connectivity index is 2.05. The van der Waals surface area contributed by atoms with E-state index >= 15 is 0 Å². The number of rotatable bonds is 3. The van der Waals surface area contributed by atoms with Crippen molar-refractivity contribution in [2.45, 2.75) is 6.42 Å². The van der Waals surface area contributed by atoms with Crippen molar-refractivity contribution in [3.8, 4) is 10.6 Å². The third-order valence-corrected chi connectivity index (χ3v) is 4.13. The van der Waals surface area contributed by atoms with Crippen LogP contribution in [0.3, 0.4) is 0 Å². The molecule has 3 aromatic rings. The summed E-state index contributed by atoms with van der Waals surface area (Å²) in [6.07, 6.45) is 0.145. The van der Waals surface area contributed by atoms with Gasteiger partial charge in [0.15, 0.2) is 0 Å². The Hall–Kier alpha value is -2.27. The average Bonchev–Trinajstić information content (AvgIpc) is 2.96. The Morgan fingerprint density at radius 2 is 2.00 bits per heavy atom. The second-order valence-corrected chi connectivity index (χ2v) is 5.40. The van der Waals surface area contributed by atoms with Gasteiger partial charge in [-0.2, -0.15) is 0 Å². The Kier molecular flexibility index (Phi) is 3.66. The number of thiazole rings is 1. The van der Waals surface area contributed by atoms with Gasteiger partial charge in [0, 0.05) is 16.3 Å². The van der Waals surface area contributed by atoms with Crippen molar-refractivity contribution in [3.63, 3.8) is 0 Å². The number of hydrogen-bond acceptors (Lipinski definition) is 4. The molecule has 1 aromatic heterocycles. The summed E-state index contributed by atoms with van der Waals surface area (Å²) in [5.41, 5.74) is 1.53. The summed E-state index contributed by atoms with van der Waals surface area (Å²) in [5, 5.41) is 3.98. The first-order valence-corrected chi connectivity index (χ1v) is 7.26. The van der Waals surface area contributed by atoms with E-state index in [2.05, 4.69) is 9.72 Å². The Bertz CT molecular complexity index is 813. The number of carbonyl (C=O) groups excluding carboxylic acids is 1. The van der Waals surface area contributed by atoms with Crippen molar-refractivity contribution in [2.24, 2.45) is 0 Å². The van der Waals surface area contributed by atoms with E-state index in [0.29, 0.717) is 11.1 Å². The largest absolute Gasteiger partial charge is 0.469 e. The molecule has 0 unspecified atom stereocenters. The minimum atomic E-state index is -0.323. The number of esters is 1. The van der Waals surface area contributed by atoms with Crippen LogP contribution in [0.2, 0.25) is 0 Å². The molecule has 5 heteroatoms. The van der Waals surface area contributed by atoms with Crippen molar-refractivity contribution in [1.29, 1.82) is 0 Å². The zero-order valence-corrected chi connectivity index (χ0v) is 12.1. The number of ether oxygens (including phenoxy) is 1.